The molecule has 2 N–H and O–H groups in total. The summed E-state index contributed by atoms with van der Waals surface area (Å²) >= 11 is 0. The first-order chi connectivity index (χ1) is 13.7. The van der Waals surface area contributed by atoms with E-state index in [1.165, 1.54) is 18.2 Å². The number of amides is 3. The number of carbonyl (C=O) groups excluding carboxylic acids is 3. The Labute approximate surface area is 163 Å². The van der Waals surface area contributed by atoms with Gasteiger partial charge in [-0.3, -0.25) is 29.4 Å². The van der Waals surface area contributed by atoms with E-state index in [4.69, 9.17) is 5.11 Å². The molecule has 148 valence electrons. The highest BCUT2D eigenvalue weighted by molar-refractivity contribution is 6.21. The van der Waals surface area contributed by atoms with Gasteiger partial charge >= 0.3 is 5.97 Å². The molecule has 29 heavy (non-hydrogen) atoms. The summed E-state index contributed by atoms with van der Waals surface area (Å²) in [6, 6.07) is 7.83. The molecule has 0 unspecified atom stereocenters. The van der Waals surface area contributed by atoms with E-state index in [0.717, 1.165) is 17.0 Å². The molecule has 3 amide bonds. The minimum Gasteiger partial charge on any atom is -0.478 e. The van der Waals surface area contributed by atoms with E-state index in [0.29, 0.717) is 11.3 Å². The zero-order chi connectivity index (χ0) is 21.3. The van der Waals surface area contributed by atoms with Crippen LogP contribution in [0.5, 0.6) is 0 Å². The smallest absolute Gasteiger partial charge is 0.336 e. The van der Waals surface area contributed by atoms with E-state index in [-0.39, 0.29) is 35.3 Å². The number of fused-ring (bicyclic) bond motifs is 1. The molecule has 0 aliphatic carbocycles. The molecule has 10 heteroatoms. The summed E-state index contributed by atoms with van der Waals surface area (Å²) < 4.78 is 0. The fraction of sp³-hybridized carbons (Fsp3) is 0.158. The van der Waals surface area contributed by atoms with Crippen LogP contribution in [-0.4, -0.2) is 45.2 Å². The van der Waals surface area contributed by atoms with Crippen LogP contribution in [0.15, 0.2) is 36.4 Å². The second kappa shape index (κ2) is 7.50. The van der Waals surface area contributed by atoms with Crippen LogP contribution in [0.2, 0.25) is 0 Å². The molecule has 0 fully saturated rings. The Morgan fingerprint density at radius 3 is 2.48 bits per heavy atom. The van der Waals surface area contributed by atoms with Crippen molar-refractivity contribution >= 4 is 35.1 Å². The highest BCUT2D eigenvalue weighted by Crippen LogP contribution is 2.27. The summed E-state index contributed by atoms with van der Waals surface area (Å²) in [7, 11) is 0. The Balaban J connectivity index is 1.69. The van der Waals surface area contributed by atoms with Gasteiger partial charge < -0.3 is 10.4 Å². The quantitative estimate of drug-likeness (QED) is 0.431. The summed E-state index contributed by atoms with van der Waals surface area (Å²) in [5, 5.41) is 22.6. The lowest BCUT2D eigenvalue weighted by atomic mass is 10.1. The van der Waals surface area contributed by atoms with E-state index >= 15 is 0 Å². The number of hydrogen-bond acceptors (Lipinski definition) is 6. The number of rotatable bonds is 6. The van der Waals surface area contributed by atoms with E-state index in [9.17, 15) is 29.3 Å². The van der Waals surface area contributed by atoms with Gasteiger partial charge in [0.15, 0.2) is 0 Å². The van der Waals surface area contributed by atoms with Gasteiger partial charge in [0, 0.05) is 30.8 Å². The van der Waals surface area contributed by atoms with Crippen molar-refractivity contribution in [1.82, 2.24) is 4.90 Å². The topological polar surface area (TPSA) is 147 Å². The summed E-state index contributed by atoms with van der Waals surface area (Å²) in [5.41, 5.74) is 0.401. The van der Waals surface area contributed by atoms with Gasteiger partial charge in [0.05, 0.1) is 21.6 Å². The Hall–Kier alpha value is -4.08. The fourth-order valence-corrected chi connectivity index (χ4v) is 3.02. The Morgan fingerprint density at radius 1 is 1.14 bits per heavy atom. The molecule has 1 heterocycles. The fourth-order valence-electron chi connectivity index (χ4n) is 3.02. The third-order valence-electron chi connectivity index (χ3n) is 4.57. The summed E-state index contributed by atoms with van der Waals surface area (Å²) in [6.07, 6.45) is -0.218. The molecule has 3 rings (SSSR count). The summed E-state index contributed by atoms with van der Waals surface area (Å²) in [4.78, 5) is 59.2. The minimum absolute atomic E-state index is 0.0461. The van der Waals surface area contributed by atoms with Crippen LogP contribution in [0.25, 0.3) is 0 Å². The molecular weight excluding hydrogens is 382 g/mol. The van der Waals surface area contributed by atoms with Crippen LogP contribution in [-0.2, 0) is 4.79 Å². The van der Waals surface area contributed by atoms with Crippen molar-refractivity contribution in [1.29, 1.82) is 0 Å². The number of imide groups is 1. The molecule has 0 aromatic heterocycles. The number of carbonyl (C=O) groups is 4. The normalized spacial score (nSPS) is 12.7. The number of nitrogens with one attached hydrogen (secondary N) is 1. The van der Waals surface area contributed by atoms with Gasteiger partial charge in [-0.1, -0.05) is 6.07 Å². The summed E-state index contributed by atoms with van der Waals surface area (Å²) in [6.45, 7) is 1.33. The zero-order valence-electron chi connectivity index (χ0n) is 15.2. The average molecular weight is 397 g/mol. The van der Waals surface area contributed by atoms with E-state index in [2.05, 4.69) is 5.32 Å². The second-order valence-corrected chi connectivity index (χ2v) is 6.33. The van der Waals surface area contributed by atoms with E-state index in [1.807, 2.05) is 0 Å². The number of anilines is 1. The van der Waals surface area contributed by atoms with Crippen molar-refractivity contribution < 1.29 is 29.2 Å². The number of nitrogens with zero attached hydrogens (tertiary/aromatic N) is 2. The molecule has 2 aromatic rings. The molecule has 0 saturated heterocycles. The van der Waals surface area contributed by atoms with Crippen LogP contribution in [0.1, 0.15) is 43.1 Å². The maximum absolute atomic E-state index is 12.4. The highest BCUT2D eigenvalue weighted by Gasteiger charge is 2.36. The number of hydrogen-bond donors (Lipinski definition) is 2. The molecule has 0 radical (unpaired) electrons. The average Bonchev–Trinajstić information content (AvgIpc) is 2.91. The monoisotopic (exact) mass is 397 g/mol. The van der Waals surface area contributed by atoms with Crippen molar-refractivity contribution in [3.05, 3.63) is 68.8 Å². The van der Waals surface area contributed by atoms with Crippen LogP contribution in [0.4, 0.5) is 11.4 Å². The molecular formula is C19H15N3O7. The van der Waals surface area contributed by atoms with Gasteiger partial charge in [0.1, 0.15) is 0 Å². The first-order valence-corrected chi connectivity index (χ1v) is 8.48. The predicted molar refractivity (Wildman–Crippen MR) is 99.8 cm³/mol. The second-order valence-electron chi connectivity index (χ2n) is 6.33. The molecule has 0 saturated carbocycles. The number of benzene rings is 2. The van der Waals surface area contributed by atoms with Crippen molar-refractivity contribution in [2.24, 2.45) is 0 Å². The van der Waals surface area contributed by atoms with Crippen molar-refractivity contribution in [2.45, 2.75) is 13.3 Å². The number of non-ortho nitro benzene ring substituents is 1. The first-order valence-electron chi connectivity index (χ1n) is 8.48. The molecule has 0 spiro atoms. The zero-order valence-corrected chi connectivity index (χ0v) is 15.2. The van der Waals surface area contributed by atoms with E-state index < -0.39 is 28.6 Å². The van der Waals surface area contributed by atoms with Gasteiger partial charge in [-0.25, -0.2) is 4.79 Å². The molecule has 10 nitrogen and oxygen atoms in total. The largest absolute Gasteiger partial charge is 0.478 e. The van der Waals surface area contributed by atoms with Gasteiger partial charge in [0.2, 0.25) is 5.91 Å². The molecule has 0 bridgehead atoms. The molecule has 2 aromatic carbocycles. The molecule has 1 aliphatic rings. The van der Waals surface area contributed by atoms with E-state index in [1.54, 1.807) is 13.0 Å². The van der Waals surface area contributed by atoms with Gasteiger partial charge in [-0.15, -0.1) is 0 Å². The first kappa shape index (κ1) is 19.7. The predicted octanol–water partition coefficient (Wildman–Crippen LogP) is 2.23. The number of carboxylic acid groups (broad SMARTS) is 1. The van der Waals surface area contributed by atoms with Crippen molar-refractivity contribution in [3.63, 3.8) is 0 Å². The number of aromatic carboxylic acids is 1. The Bertz CT molecular complexity index is 1080. The van der Waals surface area contributed by atoms with Crippen LogP contribution in [0, 0.1) is 17.0 Å². The van der Waals surface area contributed by atoms with Gasteiger partial charge in [-0.05, 0) is 30.7 Å². The standard InChI is InChI=1S/C19H15N3O7/c1-10-12(19(26)27)3-2-4-15(10)20-16(23)7-8-21-17(24)13-6-5-11(22(28)29)9-14(13)18(21)25/h2-6,9H,7-8H2,1H3,(H,20,23)(H,26,27). The van der Waals surface area contributed by atoms with Crippen LogP contribution >= 0.6 is 0 Å². The summed E-state index contributed by atoms with van der Waals surface area (Å²) in [5.74, 6) is -2.97. The third-order valence-corrected chi connectivity index (χ3v) is 4.57. The minimum atomic E-state index is -1.13. The lowest BCUT2D eigenvalue weighted by Gasteiger charge is -2.14. The molecule has 0 atom stereocenters. The van der Waals surface area contributed by atoms with Crippen LogP contribution in [0.3, 0.4) is 0 Å². The van der Waals surface area contributed by atoms with Gasteiger partial charge in [0.25, 0.3) is 17.5 Å². The van der Waals surface area contributed by atoms with Crippen molar-refractivity contribution in [3.8, 4) is 0 Å². The SMILES string of the molecule is Cc1c(NC(=O)CCN2C(=O)c3ccc([N+](=O)[O-])cc3C2=O)cccc1C(=O)O. The third kappa shape index (κ3) is 3.68. The Morgan fingerprint density at radius 2 is 1.83 bits per heavy atom. The maximum Gasteiger partial charge on any atom is 0.336 e. The highest BCUT2D eigenvalue weighted by atomic mass is 16.6. The Kier molecular flexibility index (Phi) is 5.09. The van der Waals surface area contributed by atoms with Crippen molar-refractivity contribution in [2.75, 3.05) is 11.9 Å². The van der Waals surface area contributed by atoms with Crippen LogP contribution < -0.4 is 5.32 Å². The molecule has 1 aliphatic heterocycles. The number of carboxylic acids is 1. The lowest BCUT2D eigenvalue weighted by Crippen LogP contribution is -2.33. The maximum atomic E-state index is 12.4. The van der Waals surface area contributed by atoms with Gasteiger partial charge in [-0.2, -0.15) is 0 Å². The number of nitro benzene ring substituents is 1. The lowest BCUT2D eigenvalue weighted by molar-refractivity contribution is -0.384. The number of nitro groups is 1.